The van der Waals surface area contributed by atoms with Crippen LogP contribution >= 0.6 is 0 Å². The highest BCUT2D eigenvalue weighted by molar-refractivity contribution is 6.46. The van der Waals surface area contributed by atoms with Gasteiger partial charge in [-0.1, -0.05) is 32.4 Å². The molecule has 8 heteroatoms. The predicted octanol–water partition coefficient (Wildman–Crippen LogP) is 6.07. The lowest BCUT2D eigenvalue weighted by atomic mass is 9.94. The lowest BCUT2D eigenvalue weighted by molar-refractivity contribution is -0.140. The molecule has 1 N–H and O–H groups in total. The van der Waals surface area contributed by atoms with Gasteiger partial charge in [-0.15, -0.1) is 0 Å². The molecule has 8 nitrogen and oxygen atoms in total. The highest BCUT2D eigenvalue weighted by Crippen LogP contribution is 2.43. The Morgan fingerprint density at radius 3 is 2.40 bits per heavy atom. The third-order valence-electron chi connectivity index (χ3n) is 6.56. The van der Waals surface area contributed by atoms with Crippen LogP contribution < -0.4 is 14.2 Å². The van der Waals surface area contributed by atoms with Crippen LogP contribution in [-0.4, -0.2) is 46.5 Å². The molecular formula is C32H36N2O6. The second-order valence-corrected chi connectivity index (χ2v) is 9.50. The normalized spacial score (nSPS) is 16.3. The van der Waals surface area contributed by atoms with Crippen molar-refractivity contribution in [3.05, 3.63) is 89.3 Å². The van der Waals surface area contributed by atoms with Crippen LogP contribution in [0.3, 0.4) is 0 Å². The van der Waals surface area contributed by atoms with Crippen LogP contribution in [0.5, 0.6) is 17.2 Å². The number of pyridine rings is 1. The van der Waals surface area contributed by atoms with Gasteiger partial charge in [-0.2, -0.15) is 0 Å². The zero-order valence-electron chi connectivity index (χ0n) is 23.3. The van der Waals surface area contributed by atoms with Gasteiger partial charge < -0.3 is 24.2 Å². The van der Waals surface area contributed by atoms with Gasteiger partial charge in [0.1, 0.15) is 11.5 Å². The van der Waals surface area contributed by atoms with E-state index >= 15 is 0 Å². The van der Waals surface area contributed by atoms with Crippen molar-refractivity contribution < 1.29 is 28.9 Å². The molecule has 0 spiro atoms. The van der Waals surface area contributed by atoms with Gasteiger partial charge in [-0.3, -0.25) is 14.6 Å². The molecule has 0 radical (unpaired) electrons. The number of amides is 1. The van der Waals surface area contributed by atoms with Crippen molar-refractivity contribution in [2.75, 3.05) is 19.8 Å². The van der Waals surface area contributed by atoms with Crippen LogP contribution in [0.25, 0.3) is 5.76 Å². The minimum absolute atomic E-state index is 0.0122. The van der Waals surface area contributed by atoms with E-state index < -0.39 is 17.7 Å². The molecule has 40 heavy (non-hydrogen) atoms. The first kappa shape index (κ1) is 28.7. The third kappa shape index (κ3) is 6.45. The van der Waals surface area contributed by atoms with Crippen LogP contribution in [0.15, 0.2) is 72.6 Å². The summed E-state index contributed by atoms with van der Waals surface area (Å²) in [6.07, 6.45) is 6.07. The Morgan fingerprint density at radius 1 is 0.925 bits per heavy atom. The fraction of sp³-hybridized carbons (Fsp3) is 0.344. The Balaban J connectivity index is 1.80. The number of aromatic nitrogens is 1. The predicted molar refractivity (Wildman–Crippen MR) is 152 cm³/mol. The lowest BCUT2D eigenvalue weighted by Crippen LogP contribution is -2.29. The molecule has 1 unspecified atom stereocenters. The lowest BCUT2D eigenvalue weighted by Gasteiger charge is -2.26. The average Bonchev–Trinajstić information content (AvgIpc) is 3.22. The second-order valence-electron chi connectivity index (χ2n) is 9.50. The molecule has 1 saturated heterocycles. The average molecular weight is 545 g/mol. The van der Waals surface area contributed by atoms with Gasteiger partial charge in [0.2, 0.25) is 0 Å². The Hall–Kier alpha value is -4.33. The van der Waals surface area contributed by atoms with Crippen LogP contribution in [0.4, 0.5) is 0 Å². The van der Waals surface area contributed by atoms with Gasteiger partial charge in [0.05, 0.1) is 31.4 Å². The topological polar surface area (TPSA) is 98.2 Å². The van der Waals surface area contributed by atoms with Crippen molar-refractivity contribution in [2.24, 2.45) is 0 Å². The maximum absolute atomic E-state index is 13.5. The summed E-state index contributed by atoms with van der Waals surface area (Å²) < 4.78 is 17.5. The molecule has 1 fully saturated rings. The van der Waals surface area contributed by atoms with Gasteiger partial charge in [-0.25, -0.2) is 0 Å². The number of aliphatic hydroxyl groups excluding tert-OH is 1. The summed E-state index contributed by atoms with van der Waals surface area (Å²) in [4.78, 5) is 32.5. The minimum atomic E-state index is -0.847. The Morgan fingerprint density at radius 2 is 1.73 bits per heavy atom. The van der Waals surface area contributed by atoms with Crippen molar-refractivity contribution >= 4 is 17.4 Å². The van der Waals surface area contributed by atoms with Gasteiger partial charge >= 0.3 is 0 Å². The number of nitrogens with zero attached hydrogens (tertiary/aromatic N) is 2. The SMILES string of the molecule is CCCCOc1ccc(C2/C(=C(\O)c3ccc(OCCC)cc3)C(=O)C(=O)N2Cc2cccnc2)cc1OCC. The highest BCUT2D eigenvalue weighted by atomic mass is 16.5. The van der Waals surface area contributed by atoms with Crippen molar-refractivity contribution in [2.45, 2.75) is 52.6 Å². The standard InChI is InChI=1S/C32H36N2O6/c1-4-7-18-40-26-15-12-24(19-27(26)38-6-3)29-28(30(35)23-10-13-25(14-11-23)39-17-5-2)31(36)32(37)34(29)21-22-9-8-16-33-20-22/h8-16,19-20,29,35H,4-7,17-18,21H2,1-3H3/b30-28+. The number of carbonyl (C=O) groups excluding carboxylic acids is 2. The van der Waals surface area contributed by atoms with Gasteiger partial charge in [0.15, 0.2) is 11.5 Å². The zero-order chi connectivity index (χ0) is 28.5. The van der Waals surface area contributed by atoms with Crippen LogP contribution in [-0.2, 0) is 16.1 Å². The quantitative estimate of drug-likeness (QED) is 0.121. The van der Waals surface area contributed by atoms with E-state index in [1.54, 1.807) is 54.9 Å². The summed E-state index contributed by atoms with van der Waals surface area (Å²) in [7, 11) is 0. The number of hydrogen-bond acceptors (Lipinski definition) is 7. The maximum Gasteiger partial charge on any atom is 0.295 e. The van der Waals surface area contributed by atoms with Crippen LogP contribution in [0, 0.1) is 0 Å². The summed E-state index contributed by atoms with van der Waals surface area (Å²) in [5, 5.41) is 11.4. The molecule has 0 saturated carbocycles. The Bertz CT molecular complexity index is 1340. The number of unbranched alkanes of at least 4 members (excludes halogenated alkanes) is 1. The fourth-order valence-corrected chi connectivity index (χ4v) is 4.57. The molecule has 3 aromatic rings. The number of hydrogen-bond donors (Lipinski definition) is 1. The fourth-order valence-electron chi connectivity index (χ4n) is 4.57. The minimum Gasteiger partial charge on any atom is -0.507 e. The van der Waals surface area contributed by atoms with E-state index in [-0.39, 0.29) is 17.9 Å². The van der Waals surface area contributed by atoms with Gasteiger partial charge in [0.25, 0.3) is 11.7 Å². The van der Waals surface area contributed by atoms with Crippen molar-refractivity contribution in [1.29, 1.82) is 0 Å². The largest absolute Gasteiger partial charge is 0.507 e. The number of likely N-dealkylation sites (tertiary alicyclic amines) is 1. The van der Waals surface area contributed by atoms with Crippen LogP contribution in [0.1, 0.15) is 62.8 Å². The summed E-state index contributed by atoms with van der Waals surface area (Å²) >= 11 is 0. The molecule has 1 aliphatic heterocycles. The zero-order valence-corrected chi connectivity index (χ0v) is 23.3. The number of ether oxygens (including phenoxy) is 3. The smallest absolute Gasteiger partial charge is 0.295 e. The van der Waals surface area contributed by atoms with E-state index in [2.05, 4.69) is 11.9 Å². The van der Waals surface area contributed by atoms with Crippen molar-refractivity contribution in [3.63, 3.8) is 0 Å². The Labute approximate surface area is 235 Å². The van der Waals surface area contributed by atoms with E-state index in [4.69, 9.17) is 14.2 Å². The highest BCUT2D eigenvalue weighted by Gasteiger charge is 2.46. The van der Waals surface area contributed by atoms with E-state index in [0.29, 0.717) is 48.2 Å². The number of ketones is 1. The summed E-state index contributed by atoms with van der Waals surface area (Å²) in [6.45, 7) is 7.67. The summed E-state index contributed by atoms with van der Waals surface area (Å²) in [6, 6.07) is 15.0. The summed E-state index contributed by atoms with van der Waals surface area (Å²) in [5.74, 6) is 0.0668. The molecule has 0 bridgehead atoms. The first-order valence-electron chi connectivity index (χ1n) is 13.8. The number of aliphatic hydroxyl groups is 1. The molecule has 1 atom stereocenters. The second kappa shape index (κ2) is 13.6. The van der Waals surface area contributed by atoms with E-state index in [0.717, 1.165) is 24.8 Å². The van der Waals surface area contributed by atoms with E-state index in [1.807, 2.05) is 26.0 Å². The molecule has 2 aromatic carbocycles. The van der Waals surface area contributed by atoms with Crippen LogP contribution in [0.2, 0.25) is 0 Å². The van der Waals surface area contributed by atoms with Gasteiger partial charge in [0, 0.05) is 24.5 Å². The van der Waals surface area contributed by atoms with E-state index in [1.165, 1.54) is 4.90 Å². The number of Topliss-reactive ketones (excluding diaryl/α,β-unsaturated/α-hetero) is 1. The van der Waals surface area contributed by atoms with Gasteiger partial charge in [-0.05, 0) is 73.4 Å². The molecule has 1 amide bonds. The molecule has 2 heterocycles. The number of rotatable bonds is 13. The Kier molecular flexibility index (Phi) is 9.78. The molecule has 4 rings (SSSR count). The molecule has 210 valence electrons. The maximum atomic E-state index is 13.5. The monoisotopic (exact) mass is 544 g/mol. The third-order valence-corrected chi connectivity index (χ3v) is 6.56. The van der Waals surface area contributed by atoms with Crippen molar-refractivity contribution in [3.8, 4) is 17.2 Å². The molecule has 1 aromatic heterocycles. The number of carbonyl (C=O) groups is 2. The first-order chi connectivity index (χ1) is 19.5. The molecule has 0 aliphatic carbocycles. The van der Waals surface area contributed by atoms with Crippen molar-refractivity contribution in [1.82, 2.24) is 9.88 Å². The number of benzene rings is 2. The summed E-state index contributed by atoms with van der Waals surface area (Å²) in [5.41, 5.74) is 1.81. The van der Waals surface area contributed by atoms with E-state index in [9.17, 15) is 14.7 Å². The first-order valence-corrected chi connectivity index (χ1v) is 13.8. The molecule has 1 aliphatic rings. The molecular weight excluding hydrogens is 508 g/mol.